The molecule has 1 amide bonds. The molecule has 1 aromatic heterocycles. The van der Waals surface area contributed by atoms with Gasteiger partial charge in [0.05, 0.1) is 11.1 Å². The van der Waals surface area contributed by atoms with Crippen LogP contribution >= 0.6 is 15.9 Å². The number of aliphatic imine (C=N–C) groups is 1. The van der Waals surface area contributed by atoms with E-state index in [4.69, 9.17) is 4.98 Å². The van der Waals surface area contributed by atoms with E-state index in [0.717, 1.165) is 28.6 Å². The summed E-state index contributed by atoms with van der Waals surface area (Å²) in [5, 5.41) is 4.63. The number of rotatable bonds is 2. The first kappa shape index (κ1) is 25.7. The number of amides is 1. The van der Waals surface area contributed by atoms with Crippen molar-refractivity contribution in [1.82, 2.24) is 10.3 Å². The van der Waals surface area contributed by atoms with Crippen LogP contribution in [0.3, 0.4) is 0 Å². The van der Waals surface area contributed by atoms with Gasteiger partial charge in [-0.25, -0.2) is 4.99 Å². The zero-order valence-corrected chi connectivity index (χ0v) is 21.3. The lowest BCUT2D eigenvalue weighted by Crippen LogP contribution is -2.27. The Bertz CT molecular complexity index is 1170. The average Bonchev–Trinajstić information content (AvgIpc) is 3.19. The highest BCUT2D eigenvalue weighted by Gasteiger charge is 2.16. The minimum absolute atomic E-state index is 0.146. The molecule has 1 saturated heterocycles. The van der Waals surface area contributed by atoms with E-state index >= 15 is 0 Å². The fourth-order valence-electron chi connectivity index (χ4n) is 3.60. The maximum absolute atomic E-state index is 11.0. The molecule has 0 aliphatic carbocycles. The van der Waals surface area contributed by atoms with Gasteiger partial charge in [-0.15, -0.1) is 0 Å². The summed E-state index contributed by atoms with van der Waals surface area (Å²) >= 11 is 3.31. The lowest BCUT2D eigenvalue weighted by molar-refractivity contribution is -0.138. The first-order chi connectivity index (χ1) is 16.3. The Morgan fingerprint density at radius 2 is 1.79 bits per heavy atom. The summed E-state index contributed by atoms with van der Waals surface area (Å²) in [6.45, 7) is 8.17. The van der Waals surface area contributed by atoms with Crippen LogP contribution in [0.25, 0.3) is 10.9 Å². The fourth-order valence-corrected chi connectivity index (χ4v) is 3.98. The number of carbonyl (C=O) groups is 2. The van der Waals surface area contributed by atoms with Gasteiger partial charge in [-0.3, -0.25) is 14.6 Å². The molecule has 2 aliphatic heterocycles. The molecule has 0 spiro atoms. The van der Waals surface area contributed by atoms with Gasteiger partial charge in [-0.1, -0.05) is 40.2 Å². The molecule has 2 aromatic carbocycles. The van der Waals surface area contributed by atoms with Gasteiger partial charge < -0.3 is 10.1 Å². The van der Waals surface area contributed by atoms with E-state index in [2.05, 4.69) is 67.4 Å². The highest BCUT2D eigenvalue weighted by Crippen LogP contribution is 2.25. The summed E-state index contributed by atoms with van der Waals surface area (Å²) in [6.07, 6.45) is 4.01. The molecule has 7 heteroatoms. The number of nitrogens with zero attached hydrogens (tertiary/aromatic N) is 2. The van der Waals surface area contributed by atoms with Crippen LogP contribution in [-0.4, -0.2) is 42.3 Å². The summed E-state index contributed by atoms with van der Waals surface area (Å²) in [6, 6.07) is 18.2. The number of para-hydroxylation sites is 1. The van der Waals surface area contributed by atoms with Gasteiger partial charge in [0.25, 0.3) is 12.4 Å². The van der Waals surface area contributed by atoms with Gasteiger partial charge in [0, 0.05) is 33.2 Å². The SMILES string of the molecule is CC(C)(C)OC=O.O=C1N=Cc2cc(Br)ccc21.c1ccc2nc(C3CCNCC3)ccc2c1. The number of benzene rings is 2. The number of pyridine rings is 1. The maximum Gasteiger partial charge on any atom is 0.293 e. The van der Waals surface area contributed by atoms with E-state index in [-0.39, 0.29) is 11.5 Å². The summed E-state index contributed by atoms with van der Waals surface area (Å²) in [7, 11) is 0. The maximum atomic E-state index is 11.0. The van der Waals surface area contributed by atoms with Crippen molar-refractivity contribution in [2.75, 3.05) is 13.1 Å². The number of fused-ring (bicyclic) bond motifs is 2. The number of hydrogen-bond donors (Lipinski definition) is 1. The molecule has 0 radical (unpaired) electrons. The Balaban J connectivity index is 0.000000157. The van der Waals surface area contributed by atoms with Crippen LogP contribution < -0.4 is 5.32 Å². The third-order valence-electron chi connectivity index (χ3n) is 5.34. The zero-order chi connectivity index (χ0) is 24.6. The van der Waals surface area contributed by atoms with Crippen molar-refractivity contribution in [3.05, 3.63) is 75.9 Å². The molecule has 0 saturated carbocycles. The first-order valence-corrected chi connectivity index (χ1v) is 12.1. The average molecular weight is 524 g/mol. The minimum Gasteiger partial charge on any atom is -0.462 e. The van der Waals surface area contributed by atoms with Crippen molar-refractivity contribution in [2.24, 2.45) is 4.99 Å². The van der Waals surface area contributed by atoms with E-state index in [1.54, 1.807) is 12.3 Å². The molecule has 2 aliphatic rings. The summed E-state index contributed by atoms with van der Waals surface area (Å²) in [4.78, 5) is 29.0. The van der Waals surface area contributed by atoms with Crippen LogP contribution in [0, 0.1) is 0 Å². The predicted molar refractivity (Wildman–Crippen MR) is 140 cm³/mol. The summed E-state index contributed by atoms with van der Waals surface area (Å²) < 4.78 is 5.52. The van der Waals surface area contributed by atoms with Gasteiger partial charge in [0.2, 0.25) is 0 Å². The Morgan fingerprint density at radius 3 is 2.47 bits per heavy atom. The van der Waals surface area contributed by atoms with Gasteiger partial charge in [-0.2, -0.15) is 0 Å². The minimum atomic E-state index is -0.318. The normalized spacial score (nSPS) is 15.0. The third kappa shape index (κ3) is 7.57. The Kier molecular flexibility index (Phi) is 9.07. The molecule has 5 rings (SSSR count). The lowest BCUT2D eigenvalue weighted by atomic mass is 9.94. The van der Waals surface area contributed by atoms with Crippen molar-refractivity contribution in [2.45, 2.75) is 45.1 Å². The molecule has 1 fully saturated rings. The van der Waals surface area contributed by atoms with E-state index in [1.165, 1.54) is 23.9 Å². The van der Waals surface area contributed by atoms with Crippen molar-refractivity contribution >= 4 is 45.4 Å². The Labute approximate surface area is 209 Å². The molecule has 34 heavy (non-hydrogen) atoms. The smallest absolute Gasteiger partial charge is 0.293 e. The van der Waals surface area contributed by atoms with Gasteiger partial charge in [-0.05, 0) is 77.0 Å². The number of nitrogens with one attached hydrogen (secondary N) is 1. The van der Waals surface area contributed by atoms with Crippen LogP contribution in [0.2, 0.25) is 0 Å². The van der Waals surface area contributed by atoms with Crippen molar-refractivity contribution in [3.63, 3.8) is 0 Å². The topological polar surface area (TPSA) is 80.7 Å². The Morgan fingerprint density at radius 1 is 1.06 bits per heavy atom. The van der Waals surface area contributed by atoms with E-state index in [0.29, 0.717) is 18.0 Å². The monoisotopic (exact) mass is 523 g/mol. The van der Waals surface area contributed by atoms with Crippen LogP contribution in [0.4, 0.5) is 0 Å². The van der Waals surface area contributed by atoms with Crippen LogP contribution in [0.5, 0.6) is 0 Å². The summed E-state index contributed by atoms with van der Waals surface area (Å²) in [5.41, 5.74) is 3.65. The molecule has 3 aromatic rings. The molecular weight excluding hydrogens is 494 g/mol. The number of halogens is 1. The van der Waals surface area contributed by atoms with Crippen LogP contribution in [0.15, 0.2) is 64.1 Å². The zero-order valence-electron chi connectivity index (χ0n) is 19.8. The van der Waals surface area contributed by atoms with Crippen molar-refractivity contribution < 1.29 is 14.3 Å². The highest BCUT2D eigenvalue weighted by molar-refractivity contribution is 9.10. The number of carbonyl (C=O) groups excluding carboxylic acids is 2. The molecule has 0 bridgehead atoms. The van der Waals surface area contributed by atoms with E-state index in [9.17, 15) is 9.59 Å². The second-order valence-electron chi connectivity index (χ2n) is 9.07. The predicted octanol–water partition coefficient (Wildman–Crippen LogP) is 5.68. The molecule has 1 N–H and O–H groups in total. The van der Waals surface area contributed by atoms with E-state index in [1.807, 2.05) is 32.9 Å². The molecule has 178 valence electrons. The molecule has 0 unspecified atom stereocenters. The Hall–Kier alpha value is -2.90. The second kappa shape index (κ2) is 12.0. The van der Waals surface area contributed by atoms with Gasteiger partial charge >= 0.3 is 0 Å². The van der Waals surface area contributed by atoms with Crippen molar-refractivity contribution in [3.8, 4) is 0 Å². The van der Waals surface area contributed by atoms with Crippen molar-refractivity contribution in [1.29, 1.82) is 0 Å². The van der Waals surface area contributed by atoms with E-state index < -0.39 is 0 Å². The van der Waals surface area contributed by atoms with Crippen LogP contribution in [0.1, 0.15) is 61.1 Å². The number of aromatic nitrogens is 1. The highest BCUT2D eigenvalue weighted by atomic mass is 79.9. The van der Waals surface area contributed by atoms with Crippen LogP contribution in [-0.2, 0) is 9.53 Å². The third-order valence-corrected chi connectivity index (χ3v) is 5.84. The number of ether oxygens (including phenoxy) is 1. The second-order valence-corrected chi connectivity index (χ2v) is 9.99. The number of hydrogen-bond acceptors (Lipinski definition) is 5. The van der Waals surface area contributed by atoms with Gasteiger partial charge in [0.15, 0.2) is 0 Å². The molecule has 3 heterocycles. The quantitative estimate of drug-likeness (QED) is 0.437. The first-order valence-electron chi connectivity index (χ1n) is 11.3. The summed E-state index contributed by atoms with van der Waals surface area (Å²) in [5.74, 6) is 0.498. The largest absolute Gasteiger partial charge is 0.462 e. The molecule has 6 nitrogen and oxygen atoms in total. The standard InChI is InChI=1S/C14H16N2.C8H4BrNO.C5H10O2/c1-2-4-13-11(3-1)5-6-14(16-13)12-7-9-15-10-8-12;9-6-1-2-7-5(3-6)4-10-8(7)11;1-5(2,3)7-4-6/h1-6,12,15H,7-10H2;1-4H;4H,1-3H3. The molecule has 0 atom stereocenters. The molecular formula is C27H30BrN3O3. The number of piperidine rings is 1. The lowest BCUT2D eigenvalue weighted by Gasteiger charge is -2.22. The fraction of sp³-hybridized carbons (Fsp3) is 0.333. The van der Waals surface area contributed by atoms with Gasteiger partial charge in [0.1, 0.15) is 5.60 Å².